The normalized spacial score (nSPS) is 16.3. The van der Waals surface area contributed by atoms with Gasteiger partial charge in [-0.15, -0.1) is 0 Å². The summed E-state index contributed by atoms with van der Waals surface area (Å²) in [5, 5.41) is 0. The lowest BCUT2D eigenvalue weighted by Crippen LogP contribution is -2.50. The topological polar surface area (TPSA) is 87.2 Å². The predicted molar refractivity (Wildman–Crippen MR) is 133 cm³/mol. The number of carbonyl (C=O) groups excluding carboxylic acids is 4. The molecule has 2 aliphatic rings. The highest BCUT2D eigenvalue weighted by Crippen LogP contribution is 2.35. The fourth-order valence-electron chi connectivity index (χ4n) is 4.51. The van der Waals surface area contributed by atoms with Gasteiger partial charge in [0.05, 0.1) is 23.4 Å². The van der Waals surface area contributed by atoms with Gasteiger partial charge in [-0.3, -0.25) is 24.1 Å². The van der Waals surface area contributed by atoms with Gasteiger partial charge in [0.25, 0.3) is 23.6 Å². The van der Waals surface area contributed by atoms with E-state index < -0.39 is 12.0 Å². The van der Waals surface area contributed by atoms with Crippen molar-refractivity contribution in [2.24, 2.45) is 0 Å². The van der Waals surface area contributed by atoms with Gasteiger partial charge in [-0.2, -0.15) is 0 Å². The number of benzene rings is 3. The van der Waals surface area contributed by atoms with Crippen LogP contribution in [0.1, 0.15) is 36.6 Å². The number of fused-ring (bicyclic) bond motifs is 2. The molecule has 2 aliphatic heterocycles. The molecule has 0 aliphatic carbocycles. The number of amides is 4. The van der Waals surface area contributed by atoms with Crippen molar-refractivity contribution >= 4 is 29.3 Å². The van der Waals surface area contributed by atoms with Gasteiger partial charge in [0, 0.05) is 26.2 Å². The van der Waals surface area contributed by atoms with Crippen molar-refractivity contribution in [2.45, 2.75) is 12.5 Å². The van der Waals surface area contributed by atoms with E-state index in [1.54, 1.807) is 44.4 Å². The van der Waals surface area contributed by atoms with Crippen LogP contribution >= 0.6 is 0 Å². The van der Waals surface area contributed by atoms with E-state index in [9.17, 15) is 19.2 Å². The second kappa shape index (κ2) is 9.30. The number of para-hydroxylation sites is 2. The third-order valence-corrected chi connectivity index (χ3v) is 6.42. The summed E-state index contributed by atoms with van der Waals surface area (Å²) in [6, 6.07) is 21.2. The fraction of sp³-hybridized carbons (Fsp3) is 0.214. The quantitative estimate of drug-likeness (QED) is 0.521. The first-order valence-electron chi connectivity index (χ1n) is 11.7. The summed E-state index contributed by atoms with van der Waals surface area (Å²) in [6.07, 6.45) is -0.311. The number of hydrogen-bond donors (Lipinski definition) is 0. The van der Waals surface area contributed by atoms with E-state index in [0.29, 0.717) is 17.9 Å². The molecule has 0 aromatic heterocycles. The summed E-state index contributed by atoms with van der Waals surface area (Å²) in [4.78, 5) is 56.4. The Kier molecular flexibility index (Phi) is 6.01. The SMILES string of the molecule is CN(C)C(=O)C1CN(C(=O)c2ccc3c(c2)C(=O)N(CCc2ccccc2)C3=O)c2ccccc2O1. The van der Waals surface area contributed by atoms with Gasteiger partial charge in [-0.1, -0.05) is 42.5 Å². The predicted octanol–water partition coefficient (Wildman–Crippen LogP) is 3.02. The first-order chi connectivity index (χ1) is 17.3. The summed E-state index contributed by atoms with van der Waals surface area (Å²) < 4.78 is 5.86. The fourth-order valence-corrected chi connectivity index (χ4v) is 4.51. The zero-order chi connectivity index (χ0) is 25.4. The molecule has 3 aromatic carbocycles. The number of likely N-dealkylation sites (N-methyl/N-ethyl adjacent to an activating group) is 1. The molecular formula is C28H25N3O5. The molecule has 0 spiro atoms. The summed E-state index contributed by atoms with van der Waals surface area (Å²) in [5.74, 6) is -0.988. The highest BCUT2D eigenvalue weighted by atomic mass is 16.5. The van der Waals surface area contributed by atoms with Crippen LogP contribution in [0.15, 0.2) is 72.8 Å². The molecule has 3 aromatic rings. The van der Waals surface area contributed by atoms with Crippen molar-refractivity contribution in [3.63, 3.8) is 0 Å². The van der Waals surface area contributed by atoms with Crippen molar-refractivity contribution in [3.05, 3.63) is 95.1 Å². The molecule has 0 radical (unpaired) electrons. The number of ether oxygens (including phenoxy) is 1. The van der Waals surface area contributed by atoms with E-state index in [0.717, 1.165) is 5.56 Å². The first kappa shape index (κ1) is 23.3. The smallest absolute Gasteiger partial charge is 0.265 e. The standard InChI is InChI=1S/C28H25N3O5/c1-29(2)28(35)24-17-31(22-10-6-7-11-23(22)36-24)25(32)19-12-13-20-21(16-19)27(34)30(26(20)33)15-14-18-8-4-3-5-9-18/h3-13,16,24H,14-15,17H2,1-2H3. The third-order valence-electron chi connectivity index (χ3n) is 6.42. The van der Waals surface area contributed by atoms with E-state index in [4.69, 9.17) is 4.74 Å². The Bertz CT molecular complexity index is 1370. The Morgan fingerprint density at radius 2 is 1.61 bits per heavy atom. The molecule has 0 fully saturated rings. The second-order valence-electron chi connectivity index (χ2n) is 8.98. The minimum absolute atomic E-state index is 0.0278. The number of rotatable bonds is 5. The molecule has 0 bridgehead atoms. The average Bonchev–Trinajstić information content (AvgIpc) is 3.14. The van der Waals surface area contributed by atoms with E-state index in [1.807, 2.05) is 30.3 Å². The van der Waals surface area contributed by atoms with Crippen LogP contribution in [0.5, 0.6) is 5.75 Å². The second-order valence-corrected chi connectivity index (χ2v) is 8.98. The Hall–Kier alpha value is -4.46. The molecule has 0 saturated carbocycles. The van der Waals surface area contributed by atoms with Crippen LogP contribution in [0.4, 0.5) is 5.69 Å². The monoisotopic (exact) mass is 483 g/mol. The van der Waals surface area contributed by atoms with Gasteiger partial charge in [0.2, 0.25) is 0 Å². The molecule has 0 saturated heterocycles. The van der Waals surface area contributed by atoms with E-state index in [-0.39, 0.29) is 47.5 Å². The minimum Gasteiger partial charge on any atom is -0.476 e. The van der Waals surface area contributed by atoms with Crippen LogP contribution < -0.4 is 9.64 Å². The lowest BCUT2D eigenvalue weighted by atomic mass is 10.0. The Morgan fingerprint density at radius 1 is 0.917 bits per heavy atom. The van der Waals surface area contributed by atoms with Crippen LogP contribution in [0.25, 0.3) is 0 Å². The van der Waals surface area contributed by atoms with Crippen molar-refractivity contribution < 1.29 is 23.9 Å². The minimum atomic E-state index is -0.857. The number of carbonyl (C=O) groups is 4. The van der Waals surface area contributed by atoms with Gasteiger partial charge in [0.1, 0.15) is 5.75 Å². The highest BCUT2D eigenvalue weighted by Gasteiger charge is 2.38. The average molecular weight is 484 g/mol. The molecule has 182 valence electrons. The van der Waals surface area contributed by atoms with Crippen LogP contribution in [0.2, 0.25) is 0 Å². The van der Waals surface area contributed by atoms with Gasteiger partial charge in [0.15, 0.2) is 6.10 Å². The number of anilines is 1. The largest absolute Gasteiger partial charge is 0.476 e. The maximum atomic E-state index is 13.6. The molecule has 36 heavy (non-hydrogen) atoms. The number of nitrogens with zero attached hydrogens (tertiary/aromatic N) is 3. The third kappa shape index (κ3) is 4.11. The van der Waals surface area contributed by atoms with E-state index in [1.165, 1.54) is 26.8 Å². The summed E-state index contributed by atoms with van der Waals surface area (Å²) in [6.45, 7) is 0.283. The summed E-state index contributed by atoms with van der Waals surface area (Å²) in [5.41, 5.74) is 2.32. The zero-order valence-corrected chi connectivity index (χ0v) is 20.0. The molecule has 0 N–H and O–H groups in total. The van der Waals surface area contributed by atoms with Crippen molar-refractivity contribution in [1.29, 1.82) is 0 Å². The lowest BCUT2D eigenvalue weighted by molar-refractivity contribution is -0.135. The van der Waals surface area contributed by atoms with Crippen molar-refractivity contribution in [3.8, 4) is 5.75 Å². The van der Waals surface area contributed by atoms with E-state index >= 15 is 0 Å². The van der Waals surface area contributed by atoms with Crippen LogP contribution in [-0.4, -0.2) is 66.7 Å². The van der Waals surface area contributed by atoms with Crippen LogP contribution in [0.3, 0.4) is 0 Å². The Balaban J connectivity index is 1.41. The molecule has 5 rings (SSSR count). The maximum absolute atomic E-state index is 13.6. The molecule has 4 amide bonds. The summed E-state index contributed by atoms with van der Waals surface area (Å²) >= 11 is 0. The molecule has 8 nitrogen and oxygen atoms in total. The van der Waals surface area contributed by atoms with Gasteiger partial charge in [-0.25, -0.2) is 0 Å². The Morgan fingerprint density at radius 3 is 2.36 bits per heavy atom. The highest BCUT2D eigenvalue weighted by molar-refractivity contribution is 6.22. The molecular weight excluding hydrogens is 458 g/mol. The van der Waals surface area contributed by atoms with Gasteiger partial charge in [-0.05, 0) is 42.3 Å². The van der Waals surface area contributed by atoms with Crippen molar-refractivity contribution in [2.75, 3.05) is 32.1 Å². The van der Waals surface area contributed by atoms with E-state index in [2.05, 4.69) is 0 Å². The van der Waals surface area contributed by atoms with Gasteiger partial charge < -0.3 is 14.5 Å². The first-order valence-corrected chi connectivity index (χ1v) is 11.7. The Labute approximate surface area is 208 Å². The molecule has 8 heteroatoms. The van der Waals surface area contributed by atoms with Gasteiger partial charge >= 0.3 is 0 Å². The molecule has 1 atom stereocenters. The molecule has 2 heterocycles. The van der Waals surface area contributed by atoms with Crippen LogP contribution in [-0.2, 0) is 11.2 Å². The zero-order valence-electron chi connectivity index (χ0n) is 20.0. The van der Waals surface area contributed by atoms with Crippen LogP contribution in [0, 0.1) is 0 Å². The lowest BCUT2D eigenvalue weighted by Gasteiger charge is -2.35. The maximum Gasteiger partial charge on any atom is 0.265 e. The number of hydrogen-bond acceptors (Lipinski definition) is 5. The molecule has 1 unspecified atom stereocenters. The number of imide groups is 1. The summed E-state index contributed by atoms with van der Waals surface area (Å²) in [7, 11) is 3.26. The van der Waals surface area contributed by atoms with Crippen molar-refractivity contribution in [1.82, 2.24) is 9.80 Å².